The number of nitrogens with one attached hydrogen (secondary N) is 2. The summed E-state index contributed by atoms with van der Waals surface area (Å²) in [7, 11) is 1.33. The summed E-state index contributed by atoms with van der Waals surface area (Å²) in [6, 6.07) is 16.7. The number of carbonyl (C=O) groups is 3. The van der Waals surface area contributed by atoms with Crippen molar-refractivity contribution in [2.75, 3.05) is 20.2 Å². The fraction of sp³-hybridized carbons (Fsp3) is 0.400. The quantitative estimate of drug-likeness (QED) is 0.210. The molecule has 1 fully saturated rings. The summed E-state index contributed by atoms with van der Waals surface area (Å²) in [5.74, 6) is -0.800. The van der Waals surface area contributed by atoms with E-state index in [1.807, 2.05) is 42.2 Å². The fourth-order valence-electron chi connectivity index (χ4n) is 5.32. The molecule has 1 aliphatic heterocycles. The lowest BCUT2D eigenvalue weighted by molar-refractivity contribution is -0.155. The van der Waals surface area contributed by atoms with Crippen LogP contribution in [0.2, 0.25) is 0 Å². The Morgan fingerprint density at radius 1 is 1.12 bits per heavy atom. The number of aryl methyl sites for hydroxylation is 1. The number of amides is 2. The van der Waals surface area contributed by atoms with Crippen LogP contribution in [0.3, 0.4) is 0 Å². The molecule has 0 aliphatic carbocycles. The van der Waals surface area contributed by atoms with Crippen LogP contribution in [0.4, 0.5) is 0 Å². The fourth-order valence-corrected chi connectivity index (χ4v) is 5.32. The predicted octanol–water partition coefficient (Wildman–Crippen LogP) is 3.53. The number of hydrogen-bond donors (Lipinski definition) is 3. The van der Waals surface area contributed by atoms with Crippen molar-refractivity contribution in [3.05, 3.63) is 71.4 Å². The Kier molecular flexibility index (Phi) is 8.70. The molecular weight excluding hydrogens is 512 g/mol. The van der Waals surface area contributed by atoms with Crippen molar-refractivity contribution in [2.24, 2.45) is 0 Å². The molecule has 1 atom stereocenters. The van der Waals surface area contributed by atoms with Crippen molar-refractivity contribution in [1.29, 1.82) is 0 Å². The van der Waals surface area contributed by atoms with Crippen LogP contribution >= 0.6 is 0 Å². The van der Waals surface area contributed by atoms with E-state index in [2.05, 4.69) is 10.3 Å². The van der Waals surface area contributed by atoms with Gasteiger partial charge in [-0.2, -0.15) is 0 Å². The van der Waals surface area contributed by atoms with E-state index >= 15 is 0 Å². The van der Waals surface area contributed by atoms with Gasteiger partial charge >= 0.3 is 5.97 Å². The second-order valence-electron chi connectivity index (χ2n) is 10.8. The number of esters is 1. The van der Waals surface area contributed by atoms with E-state index < -0.39 is 23.0 Å². The maximum absolute atomic E-state index is 13.3. The number of para-hydroxylation sites is 1. The van der Waals surface area contributed by atoms with Crippen molar-refractivity contribution in [1.82, 2.24) is 20.7 Å². The largest absolute Gasteiger partial charge is 0.489 e. The van der Waals surface area contributed by atoms with Crippen LogP contribution in [0.15, 0.2) is 54.6 Å². The summed E-state index contributed by atoms with van der Waals surface area (Å²) in [6.45, 7) is 6.62. The molecule has 3 N–H and O–H groups in total. The Morgan fingerprint density at radius 2 is 1.85 bits per heavy atom. The van der Waals surface area contributed by atoms with E-state index in [9.17, 15) is 19.6 Å². The van der Waals surface area contributed by atoms with Gasteiger partial charge in [0.25, 0.3) is 5.91 Å². The van der Waals surface area contributed by atoms with Crippen LogP contribution in [0.25, 0.3) is 10.9 Å². The monoisotopic (exact) mass is 548 g/mol. The number of methoxy groups -OCH3 is 1. The molecule has 1 unspecified atom stereocenters. The van der Waals surface area contributed by atoms with E-state index in [0.717, 1.165) is 22.2 Å². The second kappa shape index (κ2) is 12.0. The highest BCUT2D eigenvalue weighted by molar-refractivity contribution is 5.95. The van der Waals surface area contributed by atoms with Gasteiger partial charge in [-0.1, -0.05) is 18.2 Å². The summed E-state index contributed by atoms with van der Waals surface area (Å²) < 4.78 is 11.0. The number of rotatable bonds is 9. The van der Waals surface area contributed by atoms with Crippen LogP contribution < -0.4 is 15.5 Å². The Bertz CT molecular complexity index is 1390. The van der Waals surface area contributed by atoms with Gasteiger partial charge in [0.2, 0.25) is 5.91 Å². The normalized spacial score (nSPS) is 17.7. The van der Waals surface area contributed by atoms with Gasteiger partial charge in [0.1, 0.15) is 17.9 Å². The molecule has 1 saturated heterocycles. The molecule has 3 aromatic rings. The van der Waals surface area contributed by atoms with Crippen molar-refractivity contribution < 1.29 is 29.1 Å². The van der Waals surface area contributed by atoms with Gasteiger partial charge in [0, 0.05) is 28.8 Å². The zero-order chi connectivity index (χ0) is 28.9. The van der Waals surface area contributed by atoms with E-state index in [1.54, 1.807) is 43.6 Å². The molecule has 40 heavy (non-hydrogen) atoms. The second-order valence-corrected chi connectivity index (χ2v) is 10.8. The van der Waals surface area contributed by atoms with Gasteiger partial charge in [-0.05, 0) is 76.6 Å². The highest BCUT2D eigenvalue weighted by atomic mass is 16.5. The first-order chi connectivity index (χ1) is 19.1. The van der Waals surface area contributed by atoms with Crippen LogP contribution in [0.5, 0.6) is 5.75 Å². The number of benzene rings is 2. The molecule has 2 amide bonds. The number of ether oxygens (including phenoxy) is 2. The Morgan fingerprint density at radius 3 is 2.55 bits per heavy atom. The van der Waals surface area contributed by atoms with Gasteiger partial charge in [-0.25, -0.2) is 5.48 Å². The summed E-state index contributed by atoms with van der Waals surface area (Å²) in [5, 5.41) is 13.3. The first-order valence-corrected chi connectivity index (χ1v) is 13.2. The molecule has 2 heterocycles. The predicted molar refractivity (Wildman–Crippen MR) is 149 cm³/mol. The highest BCUT2D eigenvalue weighted by Crippen LogP contribution is 2.31. The maximum atomic E-state index is 13.3. The standard InChI is InChI=1S/C30H36N4O6/c1-20-16-22(24-8-5-6-9-25(24)31-20)18-40-23-12-10-21(11-13-23)27(36)32-30(17-26(35)33-38)14-7-15-34(19-30)29(2,3)28(37)39-4/h5-6,8-13,16,38H,7,14-15,17-19H2,1-4H3,(H,32,36)(H,33,35). The molecule has 10 heteroatoms. The van der Waals surface area contributed by atoms with Gasteiger partial charge in [0.05, 0.1) is 24.6 Å². The summed E-state index contributed by atoms with van der Waals surface area (Å²) >= 11 is 0. The van der Waals surface area contributed by atoms with Crippen molar-refractivity contribution >= 4 is 28.7 Å². The summed E-state index contributed by atoms with van der Waals surface area (Å²) in [5.41, 5.74) is 2.94. The topological polar surface area (TPSA) is 130 Å². The number of piperidine rings is 1. The molecule has 4 rings (SSSR count). The van der Waals surface area contributed by atoms with Gasteiger partial charge in [-0.3, -0.25) is 29.5 Å². The zero-order valence-corrected chi connectivity index (χ0v) is 23.3. The van der Waals surface area contributed by atoms with E-state index in [4.69, 9.17) is 9.47 Å². The molecule has 2 aromatic carbocycles. The van der Waals surface area contributed by atoms with Crippen LogP contribution in [-0.4, -0.2) is 64.2 Å². The SMILES string of the molecule is COC(=O)C(C)(C)N1CCCC(CC(=O)NO)(NC(=O)c2ccc(OCc3cc(C)nc4ccccc34)cc2)C1. The minimum atomic E-state index is -0.997. The first kappa shape index (κ1) is 29.0. The molecule has 1 aromatic heterocycles. The van der Waals surface area contributed by atoms with Crippen molar-refractivity contribution in [3.8, 4) is 5.75 Å². The molecule has 0 bridgehead atoms. The van der Waals surface area contributed by atoms with E-state index in [1.165, 1.54) is 7.11 Å². The summed E-state index contributed by atoms with van der Waals surface area (Å²) in [4.78, 5) is 44.5. The smallest absolute Gasteiger partial charge is 0.325 e. The number of nitrogens with zero attached hydrogens (tertiary/aromatic N) is 2. The molecule has 1 aliphatic rings. The van der Waals surface area contributed by atoms with Crippen LogP contribution in [0.1, 0.15) is 54.7 Å². The number of fused-ring (bicyclic) bond motifs is 1. The van der Waals surface area contributed by atoms with Gasteiger partial charge in [0.15, 0.2) is 0 Å². The Balaban J connectivity index is 1.48. The van der Waals surface area contributed by atoms with E-state index in [0.29, 0.717) is 37.3 Å². The first-order valence-electron chi connectivity index (χ1n) is 13.2. The molecular formula is C30H36N4O6. The molecule has 0 saturated carbocycles. The third-order valence-corrected chi connectivity index (χ3v) is 7.50. The lowest BCUT2D eigenvalue weighted by atomic mass is 9.82. The lowest BCUT2D eigenvalue weighted by Crippen LogP contribution is -2.65. The number of aromatic nitrogens is 1. The third kappa shape index (κ3) is 6.40. The number of likely N-dealkylation sites (tertiary alicyclic amines) is 1. The van der Waals surface area contributed by atoms with E-state index in [-0.39, 0.29) is 18.9 Å². The third-order valence-electron chi connectivity index (χ3n) is 7.50. The Hall–Kier alpha value is -4.02. The van der Waals surface area contributed by atoms with Gasteiger partial charge in [-0.15, -0.1) is 0 Å². The minimum absolute atomic E-state index is 0.149. The average molecular weight is 549 g/mol. The number of carbonyl (C=O) groups excluding carboxylic acids is 3. The number of pyridine rings is 1. The van der Waals surface area contributed by atoms with Crippen LogP contribution in [-0.2, 0) is 20.9 Å². The average Bonchev–Trinajstić information content (AvgIpc) is 2.95. The highest BCUT2D eigenvalue weighted by Gasteiger charge is 2.45. The van der Waals surface area contributed by atoms with Crippen molar-refractivity contribution in [2.45, 2.75) is 57.7 Å². The van der Waals surface area contributed by atoms with Crippen molar-refractivity contribution in [3.63, 3.8) is 0 Å². The zero-order valence-electron chi connectivity index (χ0n) is 23.3. The maximum Gasteiger partial charge on any atom is 0.325 e. The molecule has 0 radical (unpaired) electrons. The van der Waals surface area contributed by atoms with Crippen LogP contribution in [0, 0.1) is 6.92 Å². The molecule has 0 spiro atoms. The molecule has 10 nitrogen and oxygen atoms in total. The molecule has 212 valence electrons. The number of hydrogen-bond acceptors (Lipinski definition) is 8. The minimum Gasteiger partial charge on any atom is -0.489 e. The lowest BCUT2D eigenvalue weighted by Gasteiger charge is -2.47. The number of hydroxylamine groups is 1. The summed E-state index contributed by atoms with van der Waals surface area (Å²) in [6.07, 6.45) is 0.985. The van der Waals surface area contributed by atoms with Gasteiger partial charge < -0.3 is 14.8 Å². The Labute approximate surface area is 233 Å².